The van der Waals surface area contributed by atoms with Gasteiger partial charge in [-0.1, -0.05) is 64.1 Å². The second-order valence-corrected chi connectivity index (χ2v) is 12.3. The van der Waals surface area contributed by atoms with E-state index in [-0.39, 0.29) is 29.6 Å². The highest BCUT2D eigenvalue weighted by molar-refractivity contribution is 6.30. The molecule has 1 saturated heterocycles. The SMILES string of the molecule is C=C(C)C(CC)[C@H](c1ccc(Cl)cc1C(=C)[C@@H](C)c1cncn1C)N1CCN(C(=O)OC2(C(C)C)CC2)CC1. The first kappa shape index (κ1) is 29.4. The predicted molar refractivity (Wildman–Crippen MR) is 160 cm³/mol. The maximum Gasteiger partial charge on any atom is 0.410 e. The number of aryl methyl sites for hydroxylation is 1. The molecule has 2 heterocycles. The van der Waals surface area contributed by atoms with Crippen molar-refractivity contribution >= 4 is 23.3 Å². The van der Waals surface area contributed by atoms with E-state index in [9.17, 15) is 4.79 Å². The van der Waals surface area contributed by atoms with Crippen LogP contribution in [0.1, 0.15) is 82.7 Å². The van der Waals surface area contributed by atoms with Crippen molar-refractivity contribution in [2.24, 2.45) is 18.9 Å². The van der Waals surface area contributed by atoms with Crippen molar-refractivity contribution in [2.45, 2.75) is 71.4 Å². The number of nitrogens with zero attached hydrogens (tertiary/aromatic N) is 4. The Bertz CT molecular complexity index is 1210. The molecule has 1 aliphatic carbocycles. The van der Waals surface area contributed by atoms with Crippen molar-refractivity contribution in [1.29, 1.82) is 0 Å². The summed E-state index contributed by atoms with van der Waals surface area (Å²) in [5, 5.41) is 0.695. The molecule has 3 atom stereocenters. The zero-order chi connectivity index (χ0) is 28.5. The number of hydrogen-bond donors (Lipinski definition) is 0. The number of amides is 1. The Balaban J connectivity index is 1.61. The standard InChI is InChI=1S/C32H45ClN4O2/c1-9-26(21(2)3)30(36-14-16-37(17-15-36)31(38)39-32(12-13-32)22(4)5)27-11-10-25(33)18-28(27)23(6)24(7)29-19-34-20-35(29)8/h10-11,18-20,22,24,26,30H,2,6,9,12-17H2,1,3-5,7-8H3/t24-,26?,30-/m1/s1. The van der Waals surface area contributed by atoms with Crippen molar-refractivity contribution in [2.75, 3.05) is 26.2 Å². The van der Waals surface area contributed by atoms with Gasteiger partial charge in [-0.3, -0.25) is 4.90 Å². The molecule has 6 nitrogen and oxygen atoms in total. The fraction of sp³-hybridized carbons (Fsp3) is 0.562. The normalized spacial score (nSPS) is 19.4. The van der Waals surface area contributed by atoms with E-state index in [4.69, 9.17) is 16.3 Å². The molecule has 0 bridgehead atoms. The molecule has 2 aromatic rings. The average molecular weight is 553 g/mol. The van der Waals surface area contributed by atoms with Gasteiger partial charge in [0, 0.05) is 62.1 Å². The molecule has 2 fully saturated rings. The molecule has 0 spiro atoms. The average Bonchev–Trinajstić information content (AvgIpc) is 3.57. The number of allylic oxidation sites excluding steroid dienone is 1. The molecule has 2 aliphatic rings. The van der Waals surface area contributed by atoms with Gasteiger partial charge in [-0.05, 0) is 66.9 Å². The van der Waals surface area contributed by atoms with Crippen LogP contribution in [0.15, 0.2) is 49.5 Å². The summed E-state index contributed by atoms with van der Waals surface area (Å²) in [6, 6.07) is 6.29. The third-order valence-electron chi connectivity index (χ3n) is 9.01. The number of halogens is 1. The van der Waals surface area contributed by atoms with E-state index < -0.39 is 0 Å². The molecule has 1 amide bonds. The first-order valence-electron chi connectivity index (χ1n) is 14.3. The van der Waals surface area contributed by atoms with E-state index in [0.29, 0.717) is 24.0 Å². The first-order valence-corrected chi connectivity index (χ1v) is 14.7. The monoisotopic (exact) mass is 552 g/mol. The minimum Gasteiger partial charge on any atom is -0.443 e. The minimum atomic E-state index is -0.257. The van der Waals surface area contributed by atoms with Crippen LogP contribution in [0.3, 0.4) is 0 Å². The lowest BCUT2D eigenvalue weighted by molar-refractivity contribution is 0.00876. The molecule has 1 aromatic heterocycles. The number of ether oxygens (including phenoxy) is 1. The molecule has 7 heteroatoms. The molecule has 1 aliphatic heterocycles. The van der Waals surface area contributed by atoms with Crippen LogP contribution in [-0.4, -0.2) is 57.2 Å². The molecular formula is C32H45ClN4O2. The molecule has 39 heavy (non-hydrogen) atoms. The van der Waals surface area contributed by atoms with Crippen LogP contribution in [-0.2, 0) is 11.8 Å². The molecule has 1 unspecified atom stereocenters. The summed E-state index contributed by atoms with van der Waals surface area (Å²) < 4.78 is 8.04. The van der Waals surface area contributed by atoms with E-state index in [1.807, 2.05) is 35.1 Å². The van der Waals surface area contributed by atoms with E-state index in [1.54, 1.807) is 0 Å². The number of rotatable bonds is 10. The minimum absolute atomic E-state index is 0.0718. The summed E-state index contributed by atoms with van der Waals surface area (Å²) in [6.45, 7) is 22.6. The van der Waals surface area contributed by atoms with Crippen molar-refractivity contribution in [3.05, 3.63) is 71.3 Å². The van der Waals surface area contributed by atoms with Gasteiger partial charge in [0.15, 0.2) is 0 Å². The highest BCUT2D eigenvalue weighted by Crippen LogP contribution is 2.46. The smallest absolute Gasteiger partial charge is 0.410 e. The Morgan fingerprint density at radius 2 is 1.82 bits per heavy atom. The Morgan fingerprint density at radius 3 is 2.33 bits per heavy atom. The van der Waals surface area contributed by atoms with Crippen LogP contribution >= 0.6 is 11.6 Å². The van der Waals surface area contributed by atoms with Gasteiger partial charge in [0.2, 0.25) is 0 Å². The molecule has 0 N–H and O–H groups in total. The summed E-state index contributed by atoms with van der Waals surface area (Å²) in [7, 11) is 2.01. The number of carbonyl (C=O) groups excluding carboxylic acids is 1. The first-order chi connectivity index (χ1) is 18.5. The van der Waals surface area contributed by atoms with Crippen LogP contribution < -0.4 is 0 Å². The maximum absolute atomic E-state index is 13.0. The number of benzene rings is 1. The Hall–Kier alpha value is -2.57. The van der Waals surface area contributed by atoms with E-state index in [1.165, 1.54) is 5.56 Å². The topological polar surface area (TPSA) is 50.6 Å². The van der Waals surface area contributed by atoms with Crippen LogP contribution in [0.4, 0.5) is 4.79 Å². The number of piperazine rings is 1. The summed E-state index contributed by atoms with van der Waals surface area (Å²) in [5.74, 6) is 0.666. The van der Waals surface area contributed by atoms with Crippen LogP contribution in [0.25, 0.3) is 5.57 Å². The Morgan fingerprint density at radius 1 is 1.15 bits per heavy atom. The van der Waals surface area contributed by atoms with Gasteiger partial charge in [-0.25, -0.2) is 9.78 Å². The van der Waals surface area contributed by atoms with Gasteiger partial charge >= 0.3 is 6.09 Å². The highest BCUT2D eigenvalue weighted by atomic mass is 35.5. The lowest BCUT2D eigenvalue weighted by atomic mass is 9.80. The van der Waals surface area contributed by atoms with E-state index >= 15 is 0 Å². The predicted octanol–water partition coefficient (Wildman–Crippen LogP) is 7.48. The Kier molecular flexibility index (Phi) is 8.97. The number of imidazole rings is 1. The maximum atomic E-state index is 13.0. The van der Waals surface area contributed by atoms with Gasteiger partial charge in [-0.15, -0.1) is 0 Å². The molecule has 1 aromatic carbocycles. The fourth-order valence-electron chi connectivity index (χ4n) is 6.11. The van der Waals surface area contributed by atoms with Crippen LogP contribution in [0, 0.1) is 11.8 Å². The second-order valence-electron chi connectivity index (χ2n) is 11.8. The Labute approximate surface area is 239 Å². The largest absolute Gasteiger partial charge is 0.443 e. The quantitative estimate of drug-likeness (QED) is 0.287. The van der Waals surface area contributed by atoms with Gasteiger partial charge < -0.3 is 14.2 Å². The lowest BCUT2D eigenvalue weighted by Gasteiger charge is -2.43. The molecule has 0 radical (unpaired) electrons. The fourth-order valence-corrected chi connectivity index (χ4v) is 6.28. The molecular weight excluding hydrogens is 508 g/mol. The third kappa shape index (κ3) is 6.12. The number of hydrogen-bond acceptors (Lipinski definition) is 4. The van der Waals surface area contributed by atoms with Gasteiger partial charge in [0.05, 0.1) is 6.33 Å². The highest BCUT2D eigenvalue weighted by Gasteiger charge is 2.50. The summed E-state index contributed by atoms with van der Waals surface area (Å²) in [6.07, 6.45) is 6.46. The van der Waals surface area contributed by atoms with Crippen molar-refractivity contribution in [1.82, 2.24) is 19.4 Å². The molecule has 1 saturated carbocycles. The summed E-state index contributed by atoms with van der Waals surface area (Å²) >= 11 is 6.57. The van der Waals surface area contributed by atoms with Crippen molar-refractivity contribution in [3.8, 4) is 0 Å². The molecule has 4 rings (SSSR count). The second kappa shape index (κ2) is 11.9. The lowest BCUT2D eigenvalue weighted by Crippen LogP contribution is -2.52. The summed E-state index contributed by atoms with van der Waals surface area (Å²) in [5.41, 5.74) is 5.31. The number of aromatic nitrogens is 2. The number of carbonyl (C=O) groups is 1. The summed E-state index contributed by atoms with van der Waals surface area (Å²) in [4.78, 5) is 21.7. The van der Waals surface area contributed by atoms with Crippen molar-refractivity contribution < 1.29 is 9.53 Å². The van der Waals surface area contributed by atoms with E-state index in [2.05, 4.69) is 69.8 Å². The van der Waals surface area contributed by atoms with Gasteiger partial charge in [-0.2, -0.15) is 0 Å². The van der Waals surface area contributed by atoms with E-state index in [0.717, 1.165) is 54.8 Å². The van der Waals surface area contributed by atoms with Crippen molar-refractivity contribution in [3.63, 3.8) is 0 Å². The zero-order valence-electron chi connectivity index (χ0n) is 24.5. The van der Waals surface area contributed by atoms with Gasteiger partial charge in [0.25, 0.3) is 0 Å². The third-order valence-corrected chi connectivity index (χ3v) is 9.24. The molecule has 212 valence electrons. The van der Waals surface area contributed by atoms with Crippen LogP contribution in [0.5, 0.6) is 0 Å². The van der Waals surface area contributed by atoms with Crippen LogP contribution in [0.2, 0.25) is 5.02 Å². The van der Waals surface area contributed by atoms with Gasteiger partial charge in [0.1, 0.15) is 5.60 Å². The zero-order valence-corrected chi connectivity index (χ0v) is 25.3.